The molecular formula is C18H26N2O3. The molecule has 5 heteroatoms. The minimum Gasteiger partial charge on any atom is -0.354 e. The first-order valence-electron chi connectivity index (χ1n) is 8.07. The van der Waals surface area contributed by atoms with E-state index in [0.717, 1.165) is 12.8 Å². The SMILES string of the molecule is CCC(CC)C(=O)NCCN(C(C)=O)c1cccc(C(C)=O)c1. The summed E-state index contributed by atoms with van der Waals surface area (Å²) in [7, 11) is 0. The summed E-state index contributed by atoms with van der Waals surface area (Å²) < 4.78 is 0. The molecular weight excluding hydrogens is 292 g/mol. The number of nitrogens with one attached hydrogen (secondary N) is 1. The van der Waals surface area contributed by atoms with Crippen molar-refractivity contribution in [3.05, 3.63) is 29.8 Å². The summed E-state index contributed by atoms with van der Waals surface area (Å²) >= 11 is 0. The second-order valence-electron chi connectivity index (χ2n) is 5.58. The van der Waals surface area contributed by atoms with Gasteiger partial charge in [0, 0.05) is 37.2 Å². The number of benzene rings is 1. The number of carbonyl (C=O) groups excluding carboxylic acids is 3. The number of rotatable bonds is 8. The summed E-state index contributed by atoms with van der Waals surface area (Å²) in [5.74, 6) is -0.127. The zero-order valence-corrected chi connectivity index (χ0v) is 14.4. The molecule has 0 aliphatic heterocycles. The summed E-state index contributed by atoms with van der Waals surface area (Å²) in [6, 6.07) is 6.97. The monoisotopic (exact) mass is 318 g/mol. The van der Waals surface area contributed by atoms with Crippen LogP contribution >= 0.6 is 0 Å². The zero-order valence-electron chi connectivity index (χ0n) is 14.4. The predicted molar refractivity (Wildman–Crippen MR) is 91.6 cm³/mol. The van der Waals surface area contributed by atoms with Gasteiger partial charge in [-0.2, -0.15) is 0 Å². The van der Waals surface area contributed by atoms with E-state index in [0.29, 0.717) is 24.3 Å². The van der Waals surface area contributed by atoms with Gasteiger partial charge in [-0.3, -0.25) is 14.4 Å². The van der Waals surface area contributed by atoms with Crippen LogP contribution in [0.4, 0.5) is 5.69 Å². The second-order valence-corrected chi connectivity index (χ2v) is 5.58. The summed E-state index contributed by atoms with van der Waals surface area (Å²) in [6.07, 6.45) is 1.61. The molecule has 0 bridgehead atoms. The number of amides is 2. The van der Waals surface area contributed by atoms with Gasteiger partial charge in [-0.1, -0.05) is 26.0 Å². The molecule has 0 spiro atoms. The molecule has 0 heterocycles. The average molecular weight is 318 g/mol. The van der Waals surface area contributed by atoms with Crippen molar-refractivity contribution >= 4 is 23.3 Å². The number of ketones is 1. The Labute approximate surface area is 138 Å². The van der Waals surface area contributed by atoms with Gasteiger partial charge in [0.15, 0.2) is 5.78 Å². The Morgan fingerprint density at radius 3 is 2.30 bits per heavy atom. The van der Waals surface area contributed by atoms with Crippen LogP contribution in [0.25, 0.3) is 0 Å². The third kappa shape index (κ3) is 5.51. The van der Waals surface area contributed by atoms with Gasteiger partial charge in [0.1, 0.15) is 0 Å². The molecule has 23 heavy (non-hydrogen) atoms. The largest absolute Gasteiger partial charge is 0.354 e. The maximum Gasteiger partial charge on any atom is 0.223 e. The summed E-state index contributed by atoms with van der Waals surface area (Å²) in [5, 5.41) is 2.88. The topological polar surface area (TPSA) is 66.5 Å². The summed E-state index contributed by atoms with van der Waals surface area (Å²) in [5.41, 5.74) is 1.23. The molecule has 5 nitrogen and oxygen atoms in total. The Kier molecular flexibility index (Phi) is 7.45. The van der Waals surface area contributed by atoms with Crippen molar-refractivity contribution < 1.29 is 14.4 Å². The van der Waals surface area contributed by atoms with Crippen LogP contribution in [0.1, 0.15) is 50.9 Å². The number of Topliss-reactive ketones (excluding diaryl/α,β-unsaturated/α-hetero) is 1. The van der Waals surface area contributed by atoms with Gasteiger partial charge in [0.05, 0.1) is 0 Å². The van der Waals surface area contributed by atoms with Crippen molar-refractivity contribution in [3.63, 3.8) is 0 Å². The van der Waals surface area contributed by atoms with E-state index in [1.54, 1.807) is 29.2 Å². The van der Waals surface area contributed by atoms with Crippen LogP contribution in [-0.2, 0) is 9.59 Å². The fourth-order valence-corrected chi connectivity index (χ4v) is 2.46. The molecule has 2 amide bonds. The van der Waals surface area contributed by atoms with Gasteiger partial charge in [-0.15, -0.1) is 0 Å². The lowest BCUT2D eigenvalue weighted by molar-refractivity contribution is -0.125. The molecule has 0 fully saturated rings. The van der Waals surface area contributed by atoms with E-state index in [1.165, 1.54) is 13.8 Å². The van der Waals surface area contributed by atoms with E-state index in [1.807, 2.05) is 13.8 Å². The molecule has 1 rings (SSSR count). The first-order chi connectivity index (χ1) is 10.9. The van der Waals surface area contributed by atoms with E-state index >= 15 is 0 Å². The second kappa shape index (κ2) is 9.08. The molecule has 0 saturated heterocycles. The molecule has 1 aromatic carbocycles. The average Bonchev–Trinajstić information content (AvgIpc) is 2.52. The molecule has 1 aromatic rings. The predicted octanol–water partition coefficient (Wildman–Crippen LogP) is 2.79. The Hall–Kier alpha value is -2.17. The van der Waals surface area contributed by atoms with Gasteiger partial charge in [0.2, 0.25) is 11.8 Å². The maximum absolute atomic E-state index is 12.0. The van der Waals surface area contributed by atoms with Crippen molar-refractivity contribution in [1.82, 2.24) is 5.32 Å². The minimum atomic E-state index is -0.123. The number of hydrogen-bond donors (Lipinski definition) is 1. The van der Waals surface area contributed by atoms with E-state index < -0.39 is 0 Å². The molecule has 0 atom stereocenters. The van der Waals surface area contributed by atoms with Crippen LogP contribution in [0, 0.1) is 5.92 Å². The smallest absolute Gasteiger partial charge is 0.223 e. The molecule has 126 valence electrons. The number of carbonyl (C=O) groups is 3. The van der Waals surface area contributed by atoms with Crippen molar-refractivity contribution in [2.75, 3.05) is 18.0 Å². The number of nitrogens with zero attached hydrogens (tertiary/aromatic N) is 1. The van der Waals surface area contributed by atoms with Gasteiger partial charge < -0.3 is 10.2 Å². The van der Waals surface area contributed by atoms with Crippen molar-refractivity contribution in [1.29, 1.82) is 0 Å². The quantitative estimate of drug-likeness (QED) is 0.750. The fraction of sp³-hybridized carbons (Fsp3) is 0.500. The molecule has 0 aliphatic rings. The lowest BCUT2D eigenvalue weighted by Crippen LogP contribution is -2.39. The molecule has 0 aromatic heterocycles. The van der Waals surface area contributed by atoms with Crippen LogP contribution < -0.4 is 10.2 Å². The Balaban J connectivity index is 2.73. The van der Waals surface area contributed by atoms with E-state index in [2.05, 4.69) is 5.32 Å². The standard InChI is InChI=1S/C18H26N2O3/c1-5-15(6-2)18(23)19-10-11-20(14(4)22)17-9-7-8-16(12-17)13(3)21/h7-9,12,15H,5-6,10-11H2,1-4H3,(H,19,23). The highest BCUT2D eigenvalue weighted by atomic mass is 16.2. The van der Waals surface area contributed by atoms with Crippen LogP contribution in [0.3, 0.4) is 0 Å². The fourth-order valence-electron chi connectivity index (χ4n) is 2.46. The lowest BCUT2D eigenvalue weighted by Gasteiger charge is -2.22. The maximum atomic E-state index is 12.0. The van der Waals surface area contributed by atoms with Crippen molar-refractivity contribution in [3.8, 4) is 0 Å². The Morgan fingerprint density at radius 2 is 1.78 bits per heavy atom. The van der Waals surface area contributed by atoms with Crippen molar-refractivity contribution in [2.45, 2.75) is 40.5 Å². The van der Waals surface area contributed by atoms with Gasteiger partial charge in [-0.25, -0.2) is 0 Å². The Morgan fingerprint density at radius 1 is 1.13 bits per heavy atom. The Bertz CT molecular complexity index is 565. The van der Waals surface area contributed by atoms with Crippen LogP contribution in [-0.4, -0.2) is 30.7 Å². The van der Waals surface area contributed by atoms with Crippen molar-refractivity contribution in [2.24, 2.45) is 5.92 Å². The highest BCUT2D eigenvalue weighted by molar-refractivity contribution is 5.97. The van der Waals surface area contributed by atoms with Crippen LogP contribution in [0.15, 0.2) is 24.3 Å². The van der Waals surface area contributed by atoms with E-state index in [4.69, 9.17) is 0 Å². The van der Waals surface area contributed by atoms with Gasteiger partial charge in [-0.05, 0) is 31.9 Å². The first-order valence-corrected chi connectivity index (χ1v) is 8.07. The lowest BCUT2D eigenvalue weighted by atomic mass is 10.0. The molecule has 0 unspecified atom stereocenters. The molecule has 0 aliphatic carbocycles. The zero-order chi connectivity index (χ0) is 17.4. The van der Waals surface area contributed by atoms with E-state index in [9.17, 15) is 14.4 Å². The normalized spacial score (nSPS) is 10.5. The highest BCUT2D eigenvalue weighted by Gasteiger charge is 2.16. The van der Waals surface area contributed by atoms with Gasteiger partial charge >= 0.3 is 0 Å². The van der Waals surface area contributed by atoms with Gasteiger partial charge in [0.25, 0.3) is 0 Å². The third-order valence-corrected chi connectivity index (χ3v) is 3.94. The highest BCUT2D eigenvalue weighted by Crippen LogP contribution is 2.17. The molecule has 1 N–H and O–H groups in total. The van der Waals surface area contributed by atoms with Crippen LogP contribution in [0.5, 0.6) is 0 Å². The summed E-state index contributed by atoms with van der Waals surface area (Å²) in [6.45, 7) is 7.71. The first kappa shape index (κ1) is 18.9. The number of hydrogen-bond acceptors (Lipinski definition) is 3. The van der Waals surface area contributed by atoms with Crippen LogP contribution in [0.2, 0.25) is 0 Å². The number of anilines is 1. The molecule has 0 saturated carbocycles. The molecule has 0 radical (unpaired) electrons. The summed E-state index contributed by atoms with van der Waals surface area (Å²) in [4.78, 5) is 36.9. The van der Waals surface area contributed by atoms with E-state index in [-0.39, 0.29) is 23.5 Å². The third-order valence-electron chi connectivity index (χ3n) is 3.94. The minimum absolute atomic E-state index is 0.0156.